The molecule has 0 spiro atoms. The van der Waals surface area contributed by atoms with Crippen LogP contribution < -0.4 is 0 Å². The Morgan fingerprint density at radius 2 is 2.33 bits per heavy atom. The molecule has 4 heteroatoms. The second-order valence-corrected chi connectivity index (χ2v) is 2.34. The van der Waals surface area contributed by atoms with Crippen LogP contribution in [0.3, 0.4) is 0 Å². The molecule has 0 aliphatic heterocycles. The molecule has 1 heterocycles. The molecule has 0 unspecified atom stereocenters. The molecule has 0 atom stereocenters. The van der Waals surface area contributed by atoms with Crippen LogP contribution in [0.25, 0.3) is 0 Å². The second kappa shape index (κ2) is 3.82. The zero-order chi connectivity index (χ0) is 8.97. The number of hydrogen-bond donors (Lipinski definition) is 2. The van der Waals surface area contributed by atoms with Gasteiger partial charge in [-0.15, -0.1) is 0 Å². The minimum atomic E-state index is -0.941. The van der Waals surface area contributed by atoms with Crippen molar-refractivity contribution in [2.45, 2.75) is 13.0 Å². The SMILES string of the molecule is O=C(O)Cc1ncccc1CO. The smallest absolute Gasteiger partial charge is 0.309 e. The normalized spacial score (nSPS) is 9.75. The summed E-state index contributed by atoms with van der Waals surface area (Å²) in [4.78, 5) is 14.2. The van der Waals surface area contributed by atoms with Crippen molar-refractivity contribution < 1.29 is 15.0 Å². The summed E-state index contributed by atoms with van der Waals surface area (Å²) in [6, 6.07) is 3.32. The predicted octanol–water partition coefficient (Wildman–Crippen LogP) is 0.201. The van der Waals surface area contributed by atoms with E-state index in [0.717, 1.165) is 0 Å². The number of carboxylic acids is 1. The highest BCUT2D eigenvalue weighted by Gasteiger charge is 2.05. The molecule has 2 N–H and O–H groups in total. The maximum absolute atomic E-state index is 10.3. The molecule has 0 saturated heterocycles. The first-order valence-electron chi connectivity index (χ1n) is 3.49. The van der Waals surface area contributed by atoms with Gasteiger partial charge < -0.3 is 10.2 Å². The molecular formula is C8H9NO3. The van der Waals surface area contributed by atoms with E-state index in [-0.39, 0.29) is 13.0 Å². The van der Waals surface area contributed by atoms with E-state index in [2.05, 4.69) is 4.98 Å². The fourth-order valence-corrected chi connectivity index (χ4v) is 0.918. The number of hydrogen-bond acceptors (Lipinski definition) is 3. The van der Waals surface area contributed by atoms with Crippen LogP contribution in [0.5, 0.6) is 0 Å². The summed E-state index contributed by atoms with van der Waals surface area (Å²) in [5.74, 6) is -0.941. The van der Waals surface area contributed by atoms with Crippen molar-refractivity contribution in [2.24, 2.45) is 0 Å². The standard InChI is InChI=1S/C8H9NO3/c10-5-6-2-1-3-9-7(6)4-8(11)12/h1-3,10H,4-5H2,(H,11,12). The zero-order valence-corrected chi connectivity index (χ0v) is 6.40. The number of rotatable bonds is 3. The lowest BCUT2D eigenvalue weighted by molar-refractivity contribution is -0.136. The Balaban J connectivity index is 2.89. The first-order chi connectivity index (χ1) is 5.74. The van der Waals surface area contributed by atoms with Gasteiger partial charge in [-0.2, -0.15) is 0 Å². The van der Waals surface area contributed by atoms with Crippen LogP contribution in [0, 0.1) is 0 Å². The first kappa shape index (κ1) is 8.67. The molecule has 12 heavy (non-hydrogen) atoms. The predicted molar refractivity (Wildman–Crippen MR) is 41.5 cm³/mol. The number of aliphatic carboxylic acids is 1. The summed E-state index contributed by atoms with van der Waals surface area (Å²) >= 11 is 0. The van der Waals surface area contributed by atoms with Crippen molar-refractivity contribution in [3.8, 4) is 0 Å². The number of aromatic nitrogens is 1. The van der Waals surface area contributed by atoms with Crippen LogP contribution in [-0.4, -0.2) is 21.2 Å². The van der Waals surface area contributed by atoms with Crippen LogP contribution in [0.1, 0.15) is 11.3 Å². The highest BCUT2D eigenvalue weighted by molar-refractivity contribution is 5.69. The fourth-order valence-electron chi connectivity index (χ4n) is 0.918. The van der Waals surface area contributed by atoms with Gasteiger partial charge in [-0.3, -0.25) is 9.78 Å². The van der Waals surface area contributed by atoms with E-state index < -0.39 is 5.97 Å². The van der Waals surface area contributed by atoms with Crippen molar-refractivity contribution in [1.29, 1.82) is 0 Å². The second-order valence-electron chi connectivity index (χ2n) is 2.34. The third-order valence-electron chi connectivity index (χ3n) is 1.47. The average molecular weight is 167 g/mol. The quantitative estimate of drug-likeness (QED) is 0.674. The molecule has 64 valence electrons. The van der Waals surface area contributed by atoms with Gasteiger partial charge in [-0.05, 0) is 11.6 Å². The Kier molecular flexibility index (Phi) is 2.76. The van der Waals surface area contributed by atoms with Gasteiger partial charge >= 0.3 is 5.97 Å². The summed E-state index contributed by atoms with van der Waals surface area (Å²) in [7, 11) is 0. The summed E-state index contributed by atoms with van der Waals surface area (Å²) in [5.41, 5.74) is 0.993. The summed E-state index contributed by atoms with van der Waals surface area (Å²) in [6.07, 6.45) is 1.37. The maximum atomic E-state index is 10.3. The molecule has 1 rings (SSSR count). The average Bonchev–Trinajstić information content (AvgIpc) is 2.04. The Morgan fingerprint density at radius 1 is 1.58 bits per heavy atom. The lowest BCUT2D eigenvalue weighted by atomic mass is 10.1. The Labute approximate surface area is 69.5 Å². The van der Waals surface area contributed by atoms with E-state index in [1.165, 1.54) is 6.20 Å². The van der Waals surface area contributed by atoms with Gasteiger partial charge in [0, 0.05) is 6.20 Å². The first-order valence-corrected chi connectivity index (χ1v) is 3.49. The molecule has 0 aromatic carbocycles. The molecule has 0 aliphatic rings. The summed E-state index contributed by atoms with van der Waals surface area (Å²) < 4.78 is 0. The highest BCUT2D eigenvalue weighted by Crippen LogP contribution is 2.05. The minimum absolute atomic E-state index is 0.142. The summed E-state index contributed by atoms with van der Waals surface area (Å²) in [6.45, 7) is -0.170. The molecule has 1 aromatic rings. The van der Waals surface area contributed by atoms with E-state index in [4.69, 9.17) is 10.2 Å². The van der Waals surface area contributed by atoms with Crippen LogP contribution in [0.4, 0.5) is 0 Å². The van der Waals surface area contributed by atoms with Gasteiger partial charge in [0.15, 0.2) is 0 Å². The van der Waals surface area contributed by atoms with Crippen LogP contribution in [-0.2, 0) is 17.8 Å². The van der Waals surface area contributed by atoms with Crippen molar-refractivity contribution in [3.05, 3.63) is 29.6 Å². The Bertz CT molecular complexity index is 285. The van der Waals surface area contributed by atoms with Crippen LogP contribution in [0.15, 0.2) is 18.3 Å². The van der Waals surface area contributed by atoms with E-state index in [9.17, 15) is 4.79 Å². The largest absolute Gasteiger partial charge is 0.481 e. The van der Waals surface area contributed by atoms with Gasteiger partial charge in [0.25, 0.3) is 0 Å². The molecule has 4 nitrogen and oxygen atoms in total. The van der Waals surface area contributed by atoms with Crippen LogP contribution >= 0.6 is 0 Å². The molecule has 1 aromatic heterocycles. The van der Waals surface area contributed by atoms with Gasteiger partial charge in [0.2, 0.25) is 0 Å². The zero-order valence-electron chi connectivity index (χ0n) is 6.40. The molecule has 0 saturated carbocycles. The van der Waals surface area contributed by atoms with Gasteiger partial charge in [0.05, 0.1) is 18.7 Å². The molecule has 0 aliphatic carbocycles. The van der Waals surface area contributed by atoms with E-state index in [1.807, 2.05) is 0 Å². The van der Waals surface area contributed by atoms with Crippen molar-refractivity contribution in [3.63, 3.8) is 0 Å². The number of nitrogens with zero attached hydrogens (tertiary/aromatic N) is 1. The van der Waals surface area contributed by atoms with E-state index in [1.54, 1.807) is 12.1 Å². The monoisotopic (exact) mass is 167 g/mol. The number of carboxylic acid groups (broad SMARTS) is 1. The number of aliphatic hydroxyl groups excluding tert-OH is 1. The topological polar surface area (TPSA) is 70.4 Å². The van der Waals surface area contributed by atoms with E-state index >= 15 is 0 Å². The van der Waals surface area contributed by atoms with Gasteiger partial charge in [-0.25, -0.2) is 0 Å². The van der Waals surface area contributed by atoms with Crippen LogP contribution in [0.2, 0.25) is 0 Å². The van der Waals surface area contributed by atoms with E-state index in [0.29, 0.717) is 11.3 Å². The molecule has 0 fully saturated rings. The lowest BCUT2D eigenvalue weighted by Crippen LogP contribution is -2.05. The van der Waals surface area contributed by atoms with Crippen molar-refractivity contribution in [2.75, 3.05) is 0 Å². The molecular weight excluding hydrogens is 158 g/mol. The van der Waals surface area contributed by atoms with Crippen molar-refractivity contribution in [1.82, 2.24) is 4.98 Å². The molecule has 0 bridgehead atoms. The minimum Gasteiger partial charge on any atom is -0.481 e. The van der Waals surface area contributed by atoms with Gasteiger partial charge in [-0.1, -0.05) is 6.07 Å². The molecule has 0 amide bonds. The maximum Gasteiger partial charge on any atom is 0.309 e. The Morgan fingerprint density at radius 3 is 2.92 bits per heavy atom. The number of aliphatic hydroxyl groups is 1. The fraction of sp³-hybridized carbons (Fsp3) is 0.250. The number of pyridine rings is 1. The third kappa shape index (κ3) is 2.03. The molecule has 0 radical (unpaired) electrons. The number of carbonyl (C=O) groups is 1. The van der Waals surface area contributed by atoms with Crippen molar-refractivity contribution >= 4 is 5.97 Å². The third-order valence-corrected chi connectivity index (χ3v) is 1.47. The van der Waals surface area contributed by atoms with Gasteiger partial charge in [0.1, 0.15) is 0 Å². The summed E-state index contributed by atoms with van der Waals surface area (Å²) in [5, 5.41) is 17.3. The Hall–Kier alpha value is -1.42. The lowest BCUT2D eigenvalue weighted by Gasteiger charge is -2.01. The highest BCUT2D eigenvalue weighted by atomic mass is 16.4.